The van der Waals surface area contributed by atoms with Crippen molar-refractivity contribution in [2.24, 2.45) is 23.7 Å². The molecule has 0 nitrogen and oxygen atoms in total. The maximum absolute atomic E-state index is 2.46. The normalized spacial score (nSPS) is 31.7. The van der Waals surface area contributed by atoms with E-state index in [1.165, 1.54) is 25.7 Å². The van der Waals surface area contributed by atoms with Crippen LogP contribution >= 0.6 is 0 Å². The molecule has 0 saturated heterocycles. The highest BCUT2D eigenvalue weighted by atomic mass is 14.4. The molecule has 0 heterocycles. The summed E-state index contributed by atoms with van der Waals surface area (Å²) in [6.45, 7) is 11.9. The van der Waals surface area contributed by atoms with Gasteiger partial charge in [-0.15, -0.1) is 0 Å². The van der Waals surface area contributed by atoms with E-state index in [0.29, 0.717) is 0 Å². The fourth-order valence-corrected chi connectivity index (χ4v) is 3.25. The summed E-state index contributed by atoms with van der Waals surface area (Å²) in [5, 5.41) is 0. The predicted octanol–water partition coefficient (Wildman–Crippen LogP) is 5.05. The molecule has 0 aromatic rings. The van der Waals surface area contributed by atoms with Crippen LogP contribution in [0.2, 0.25) is 0 Å². The Morgan fingerprint density at radius 1 is 1.33 bits per heavy atom. The predicted molar refractivity (Wildman–Crippen MR) is 68.9 cm³/mol. The fraction of sp³-hybridized carbons (Fsp3) is 0.867. The van der Waals surface area contributed by atoms with Crippen molar-refractivity contribution in [3.05, 3.63) is 11.6 Å². The third-order valence-corrected chi connectivity index (χ3v) is 4.64. The van der Waals surface area contributed by atoms with Crippen LogP contribution in [0.1, 0.15) is 60.3 Å². The molecule has 1 rings (SSSR count). The third kappa shape index (κ3) is 3.09. The Labute approximate surface area is 96.2 Å². The second-order valence-corrected chi connectivity index (χ2v) is 5.58. The molecule has 0 N–H and O–H groups in total. The summed E-state index contributed by atoms with van der Waals surface area (Å²) < 4.78 is 0. The van der Waals surface area contributed by atoms with Gasteiger partial charge >= 0.3 is 0 Å². The van der Waals surface area contributed by atoms with E-state index < -0.39 is 0 Å². The molecule has 1 fully saturated rings. The summed E-state index contributed by atoms with van der Waals surface area (Å²) in [6.07, 6.45) is 7.97. The SMILES string of the molecule is CC/C=C(\C)C(C)C(C)C1CCCC1C. The van der Waals surface area contributed by atoms with Crippen LogP contribution in [0, 0.1) is 23.7 Å². The highest BCUT2D eigenvalue weighted by molar-refractivity contribution is 5.04. The lowest BCUT2D eigenvalue weighted by atomic mass is 9.76. The molecule has 0 aliphatic heterocycles. The summed E-state index contributed by atoms with van der Waals surface area (Å²) in [7, 11) is 0. The van der Waals surface area contributed by atoms with Crippen LogP contribution in [-0.2, 0) is 0 Å². The van der Waals surface area contributed by atoms with Gasteiger partial charge in [0.05, 0.1) is 0 Å². The van der Waals surface area contributed by atoms with Crippen LogP contribution in [0.3, 0.4) is 0 Å². The molecule has 0 aromatic carbocycles. The molecule has 0 amide bonds. The van der Waals surface area contributed by atoms with Gasteiger partial charge in [-0.2, -0.15) is 0 Å². The Hall–Kier alpha value is -0.260. The third-order valence-electron chi connectivity index (χ3n) is 4.64. The molecular weight excluding hydrogens is 180 g/mol. The Morgan fingerprint density at radius 2 is 2.00 bits per heavy atom. The second-order valence-electron chi connectivity index (χ2n) is 5.58. The number of hydrogen-bond acceptors (Lipinski definition) is 0. The molecule has 0 bridgehead atoms. The molecular formula is C15H28. The van der Waals surface area contributed by atoms with Crippen LogP contribution in [0.5, 0.6) is 0 Å². The molecule has 1 aliphatic rings. The molecule has 4 atom stereocenters. The van der Waals surface area contributed by atoms with E-state index in [1.807, 2.05) is 0 Å². The van der Waals surface area contributed by atoms with Gasteiger partial charge in [0.1, 0.15) is 0 Å². The van der Waals surface area contributed by atoms with Crippen molar-refractivity contribution in [3.8, 4) is 0 Å². The van der Waals surface area contributed by atoms with Gasteiger partial charge in [-0.3, -0.25) is 0 Å². The summed E-state index contributed by atoms with van der Waals surface area (Å²) in [4.78, 5) is 0. The van der Waals surface area contributed by atoms with E-state index in [2.05, 4.69) is 40.7 Å². The first kappa shape index (κ1) is 12.8. The van der Waals surface area contributed by atoms with Gasteiger partial charge in [0.15, 0.2) is 0 Å². The highest BCUT2D eigenvalue weighted by Crippen LogP contribution is 2.41. The van der Waals surface area contributed by atoms with Gasteiger partial charge in [-0.25, -0.2) is 0 Å². The first-order chi connectivity index (χ1) is 7.07. The Bertz CT molecular complexity index is 214. The Balaban J connectivity index is 2.59. The summed E-state index contributed by atoms with van der Waals surface area (Å²) >= 11 is 0. The summed E-state index contributed by atoms with van der Waals surface area (Å²) in [6, 6.07) is 0. The van der Waals surface area contributed by atoms with Crippen LogP contribution in [-0.4, -0.2) is 0 Å². The molecule has 15 heavy (non-hydrogen) atoms. The van der Waals surface area contributed by atoms with Crippen molar-refractivity contribution in [1.29, 1.82) is 0 Å². The molecule has 1 saturated carbocycles. The van der Waals surface area contributed by atoms with Gasteiger partial charge in [0.2, 0.25) is 0 Å². The molecule has 0 heteroatoms. The van der Waals surface area contributed by atoms with E-state index in [4.69, 9.17) is 0 Å². The van der Waals surface area contributed by atoms with Gasteiger partial charge < -0.3 is 0 Å². The summed E-state index contributed by atoms with van der Waals surface area (Å²) in [5.41, 5.74) is 1.60. The van der Waals surface area contributed by atoms with Crippen molar-refractivity contribution >= 4 is 0 Å². The maximum Gasteiger partial charge on any atom is -0.0206 e. The first-order valence-corrected chi connectivity index (χ1v) is 6.74. The molecule has 88 valence electrons. The fourth-order valence-electron chi connectivity index (χ4n) is 3.25. The molecule has 0 aromatic heterocycles. The summed E-state index contributed by atoms with van der Waals surface area (Å²) in [5.74, 6) is 3.57. The second kappa shape index (κ2) is 5.72. The molecule has 4 unspecified atom stereocenters. The van der Waals surface area contributed by atoms with Crippen LogP contribution in [0.4, 0.5) is 0 Å². The topological polar surface area (TPSA) is 0 Å². The smallest absolute Gasteiger partial charge is 0.0206 e. The minimum atomic E-state index is 0.774. The Morgan fingerprint density at radius 3 is 2.47 bits per heavy atom. The lowest BCUT2D eigenvalue weighted by Crippen LogP contribution is -2.21. The van der Waals surface area contributed by atoms with Gasteiger partial charge in [0, 0.05) is 0 Å². The monoisotopic (exact) mass is 208 g/mol. The van der Waals surface area contributed by atoms with Crippen molar-refractivity contribution in [2.45, 2.75) is 60.3 Å². The first-order valence-electron chi connectivity index (χ1n) is 6.74. The zero-order valence-corrected chi connectivity index (χ0v) is 11.2. The van der Waals surface area contributed by atoms with Crippen LogP contribution in [0.15, 0.2) is 11.6 Å². The number of allylic oxidation sites excluding steroid dienone is 2. The quantitative estimate of drug-likeness (QED) is 0.567. The minimum absolute atomic E-state index is 0.774. The van der Waals surface area contributed by atoms with Gasteiger partial charge in [-0.1, -0.05) is 52.2 Å². The lowest BCUT2D eigenvalue weighted by molar-refractivity contribution is 0.241. The van der Waals surface area contributed by atoms with Crippen molar-refractivity contribution in [1.82, 2.24) is 0 Å². The van der Waals surface area contributed by atoms with Crippen molar-refractivity contribution in [3.63, 3.8) is 0 Å². The molecule has 0 spiro atoms. The maximum atomic E-state index is 2.46. The zero-order chi connectivity index (χ0) is 11.4. The molecule has 1 aliphatic carbocycles. The van der Waals surface area contributed by atoms with Crippen LogP contribution in [0.25, 0.3) is 0 Å². The average Bonchev–Trinajstić information content (AvgIpc) is 2.62. The van der Waals surface area contributed by atoms with E-state index in [-0.39, 0.29) is 0 Å². The number of rotatable bonds is 4. The van der Waals surface area contributed by atoms with Crippen LogP contribution < -0.4 is 0 Å². The zero-order valence-electron chi connectivity index (χ0n) is 11.2. The Kier molecular flexibility index (Phi) is 4.89. The van der Waals surface area contributed by atoms with E-state index in [0.717, 1.165) is 23.7 Å². The van der Waals surface area contributed by atoms with E-state index >= 15 is 0 Å². The standard InChI is InChI=1S/C15H28/c1-6-8-11(2)13(4)14(5)15-10-7-9-12(15)3/h8,12-15H,6-7,9-10H2,1-5H3/b11-8+. The number of hydrogen-bond donors (Lipinski definition) is 0. The molecule has 0 radical (unpaired) electrons. The van der Waals surface area contributed by atoms with E-state index in [1.54, 1.807) is 5.57 Å². The lowest BCUT2D eigenvalue weighted by Gasteiger charge is -2.29. The van der Waals surface area contributed by atoms with E-state index in [9.17, 15) is 0 Å². The van der Waals surface area contributed by atoms with Crippen molar-refractivity contribution in [2.75, 3.05) is 0 Å². The highest BCUT2D eigenvalue weighted by Gasteiger charge is 2.31. The van der Waals surface area contributed by atoms with Crippen molar-refractivity contribution < 1.29 is 0 Å². The average molecular weight is 208 g/mol. The van der Waals surface area contributed by atoms with Gasteiger partial charge in [0.25, 0.3) is 0 Å². The van der Waals surface area contributed by atoms with Gasteiger partial charge in [-0.05, 0) is 43.4 Å². The largest absolute Gasteiger partial charge is 0.0856 e. The minimum Gasteiger partial charge on any atom is -0.0856 e.